The molecule has 3 rings (SSSR count). The second-order valence-corrected chi connectivity index (χ2v) is 5.62. The smallest absolute Gasteiger partial charge is 0.0410 e. The van der Waals surface area contributed by atoms with E-state index in [9.17, 15) is 0 Å². The molecule has 0 amide bonds. The predicted molar refractivity (Wildman–Crippen MR) is 69.0 cm³/mol. The van der Waals surface area contributed by atoms with Crippen molar-refractivity contribution in [1.29, 1.82) is 0 Å². The first-order valence-electron chi connectivity index (χ1n) is 5.85. The van der Waals surface area contributed by atoms with Crippen LogP contribution in [0.4, 0.5) is 0 Å². The maximum Gasteiger partial charge on any atom is 0.0410 e. The van der Waals surface area contributed by atoms with Crippen molar-refractivity contribution in [3.8, 4) is 0 Å². The molecule has 2 heterocycles. The highest BCUT2D eigenvalue weighted by Crippen LogP contribution is 2.39. The van der Waals surface area contributed by atoms with Crippen LogP contribution in [0.2, 0.25) is 0 Å². The molecule has 84 valence electrons. The number of allylic oxidation sites excluding steroid dienone is 2. The number of aromatic nitrogens is 1. The van der Waals surface area contributed by atoms with Crippen molar-refractivity contribution in [3.05, 3.63) is 34.6 Å². The van der Waals surface area contributed by atoms with Crippen LogP contribution in [0, 0.1) is 11.8 Å². The summed E-state index contributed by atoms with van der Waals surface area (Å²) in [7, 11) is 0. The largest absolute Gasteiger partial charge is 0.316 e. The van der Waals surface area contributed by atoms with Crippen molar-refractivity contribution < 1.29 is 0 Å². The lowest BCUT2D eigenvalue weighted by molar-refractivity contribution is 0.324. The highest BCUT2D eigenvalue weighted by Gasteiger charge is 2.30. The number of pyridine rings is 1. The molecular formula is C13H15BrN2. The Hall–Kier alpha value is -0.670. The number of halogens is 1. The number of fused-ring (bicyclic) bond motifs is 1. The minimum absolute atomic E-state index is 0.787. The molecule has 1 aliphatic carbocycles. The molecule has 0 unspecified atom stereocenters. The van der Waals surface area contributed by atoms with E-state index in [1.54, 1.807) is 0 Å². The van der Waals surface area contributed by atoms with Crippen LogP contribution in [0.25, 0.3) is 5.57 Å². The molecule has 1 aromatic heterocycles. The number of hydrogen-bond acceptors (Lipinski definition) is 2. The molecule has 1 saturated heterocycles. The Balaban J connectivity index is 1.86. The normalized spacial score (nSPS) is 28.7. The van der Waals surface area contributed by atoms with Gasteiger partial charge in [0.2, 0.25) is 0 Å². The zero-order valence-electron chi connectivity index (χ0n) is 9.12. The molecule has 2 nitrogen and oxygen atoms in total. The number of nitrogens with zero attached hydrogens (tertiary/aromatic N) is 1. The zero-order valence-corrected chi connectivity index (χ0v) is 10.7. The van der Waals surface area contributed by atoms with Crippen LogP contribution in [0.1, 0.15) is 18.4 Å². The molecule has 0 aromatic carbocycles. The predicted octanol–water partition coefficient (Wildman–Crippen LogP) is 2.86. The van der Waals surface area contributed by atoms with E-state index >= 15 is 0 Å². The summed E-state index contributed by atoms with van der Waals surface area (Å²) in [6.45, 7) is 2.34. The lowest BCUT2D eigenvalue weighted by atomic mass is 9.89. The van der Waals surface area contributed by atoms with Gasteiger partial charge in [0.15, 0.2) is 0 Å². The quantitative estimate of drug-likeness (QED) is 0.855. The van der Waals surface area contributed by atoms with E-state index in [1.807, 2.05) is 12.4 Å². The van der Waals surface area contributed by atoms with Gasteiger partial charge in [0.05, 0.1) is 0 Å². The van der Waals surface area contributed by atoms with Crippen LogP contribution in [0.5, 0.6) is 0 Å². The average Bonchev–Trinajstić information content (AvgIpc) is 2.72. The molecule has 1 aromatic rings. The number of rotatable bonds is 1. The van der Waals surface area contributed by atoms with E-state index in [0.717, 1.165) is 16.3 Å². The van der Waals surface area contributed by atoms with E-state index in [2.05, 4.69) is 38.4 Å². The third kappa shape index (κ3) is 1.94. The molecular weight excluding hydrogens is 264 g/mol. The van der Waals surface area contributed by atoms with Crippen molar-refractivity contribution in [2.24, 2.45) is 11.8 Å². The summed E-state index contributed by atoms with van der Waals surface area (Å²) in [6, 6.07) is 2.17. The van der Waals surface area contributed by atoms with E-state index in [0.29, 0.717) is 0 Å². The summed E-state index contributed by atoms with van der Waals surface area (Å²) in [6.07, 6.45) is 8.77. The van der Waals surface area contributed by atoms with Crippen LogP contribution >= 0.6 is 15.9 Å². The fourth-order valence-corrected chi connectivity index (χ4v) is 3.16. The van der Waals surface area contributed by atoms with Gasteiger partial charge in [0.25, 0.3) is 0 Å². The highest BCUT2D eigenvalue weighted by atomic mass is 79.9. The molecule has 1 N–H and O–H groups in total. The van der Waals surface area contributed by atoms with Crippen molar-refractivity contribution >= 4 is 21.5 Å². The first-order valence-corrected chi connectivity index (χ1v) is 6.64. The maximum atomic E-state index is 4.24. The lowest BCUT2D eigenvalue weighted by Gasteiger charge is -2.25. The van der Waals surface area contributed by atoms with Gasteiger partial charge in [-0.2, -0.15) is 0 Å². The second-order valence-electron chi connectivity index (χ2n) is 4.70. The van der Waals surface area contributed by atoms with Gasteiger partial charge < -0.3 is 5.32 Å². The molecule has 2 atom stereocenters. The minimum Gasteiger partial charge on any atom is -0.316 e. The Morgan fingerprint density at radius 3 is 3.12 bits per heavy atom. The fourth-order valence-electron chi connectivity index (χ4n) is 2.80. The molecule has 3 heteroatoms. The molecule has 2 aliphatic rings. The molecule has 0 spiro atoms. The summed E-state index contributed by atoms with van der Waals surface area (Å²) >= 11 is 3.48. The summed E-state index contributed by atoms with van der Waals surface area (Å²) in [5.41, 5.74) is 2.76. The van der Waals surface area contributed by atoms with E-state index in [1.165, 1.54) is 37.1 Å². The van der Waals surface area contributed by atoms with Gasteiger partial charge in [-0.15, -0.1) is 0 Å². The molecule has 0 bridgehead atoms. The molecule has 1 fully saturated rings. The van der Waals surface area contributed by atoms with Crippen molar-refractivity contribution in [2.75, 3.05) is 13.1 Å². The van der Waals surface area contributed by atoms with Gasteiger partial charge in [-0.3, -0.25) is 4.98 Å². The van der Waals surface area contributed by atoms with E-state index in [4.69, 9.17) is 0 Å². The van der Waals surface area contributed by atoms with Gasteiger partial charge >= 0.3 is 0 Å². The Labute approximate surface area is 104 Å². The Morgan fingerprint density at radius 2 is 2.31 bits per heavy atom. The zero-order chi connectivity index (χ0) is 11.0. The Morgan fingerprint density at radius 1 is 1.38 bits per heavy atom. The third-order valence-corrected chi connectivity index (χ3v) is 4.07. The topological polar surface area (TPSA) is 24.9 Å². The van der Waals surface area contributed by atoms with E-state index < -0.39 is 0 Å². The highest BCUT2D eigenvalue weighted by molar-refractivity contribution is 9.10. The van der Waals surface area contributed by atoms with Crippen LogP contribution in [0.3, 0.4) is 0 Å². The van der Waals surface area contributed by atoms with Gasteiger partial charge in [-0.1, -0.05) is 6.08 Å². The summed E-state index contributed by atoms with van der Waals surface area (Å²) in [5, 5.41) is 3.48. The average molecular weight is 279 g/mol. The summed E-state index contributed by atoms with van der Waals surface area (Å²) < 4.78 is 1.07. The maximum absolute atomic E-state index is 4.24. The van der Waals surface area contributed by atoms with Crippen molar-refractivity contribution in [2.45, 2.75) is 12.8 Å². The number of nitrogens with one attached hydrogen (secondary N) is 1. The molecule has 0 radical (unpaired) electrons. The fraction of sp³-hybridized carbons (Fsp3) is 0.462. The number of piperidine rings is 1. The van der Waals surface area contributed by atoms with Gasteiger partial charge in [-0.25, -0.2) is 0 Å². The van der Waals surface area contributed by atoms with Crippen molar-refractivity contribution in [1.82, 2.24) is 10.3 Å². The molecule has 1 aliphatic heterocycles. The summed E-state index contributed by atoms with van der Waals surface area (Å²) in [4.78, 5) is 4.24. The van der Waals surface area contributed by atoms with Crippen LogP contribution in [-0.2, 0) is 0 Å². The molecule has 16 heavy (non-hydrogen) atoms. The van der Waals surface area contributed by atoms with Gasteiger partial charge in [0.1, 0.15) is 0 Å². The first kappa shape index (κ1) is 10.5. The number of hydrogen-bond donors (Lipinski definition) is 1. The third-order valence-electron chi connectivity index (χ3n) is 3.64. The van der Waals surface area contributed by atoms with E-state index in [-0.39, 0.29) is 0 Å². The monoisotopic (exact) mass is 278 g/mol. The first-order chi connectivity index (χ1) is 7.83. The summed E-state index contributed by atoms with van der Waals surface area (Å²) in [5.74, 6) is 1.60. The Bertz CT molecular complexity index is 428. The van der Waals surface area contributed by atoms with Crippen molar-refractivity contribution in [3.63, 3.8) is 0 Å². The van der Waals surface area contributed by atoms with Crippen LogP contribution < -0.4 is 5.32 Å². The molecule has 0 saturated carbocycles. The SMILES string of the molecule is Brc1cncc(C2=C[C@@H]3CCNC[C@@H]3C2)c1. The van der Waals surface area contributed by atoms with Gasteiger partial charge in [-0.05, 0) is 70.9 Å². The van der Waals surface area contributed by atoms with Crippen LogP contribution in [-0.4, -0.2) is 18.1 Å². The second kappa shape index (κ2) is 4.30. The Kier molecular flexibility index (Phi) is 2.82. The van der Waals surface area contributed by atoms with Gasteiger partial charge in [0, 0.05) is 16.9 Å². The van der Waals surface area contributed by atoms with Crippen LogP contribution in [0.15, 0.2) is 29.0 Å². The lowest BCUT2D eigenvalue weighted by Crippen LogP contribution is -2.33. The minimum atomic E-state index is 0.787. The standard InChI is InChI=1S/C13H15BrN2/c14-13-5-12(7-16-8-13)10-3-9-1-2-15-6-11(9)4-10/h3,5,7-9,11,15H,1-2,4,6H2/t9-,11-/m0/s1.